The van der Waals surface area contributed by atoms with Crippen molar-refractivity contribution in [3.05, 3.63) is 27.7 Å². The Morgan fingerprint density at radius 2 is 2.17 bits per heavy atom. The molecule has 0 aliphatic heterocycles. The van der Waals surface area contributed by atoms with E-state index in [-0.39, 0.29) is 17.4 Å². The van der Waals surface area contributed by atoms with Crippen molar-refractivity contribution in [2.45, 2.75) is 10.9 Å². The second-order valence-electron chi connectivity index (χ2n) is 3.50. The zero-order chi connectivity index (χ0) is 13.8. The Labute approximate surface area is 125 Å². The summed E-state index contributed by atoms with van der Waals surface area (Å²) in [5.74, 6) is 0.127. The molecular weight excluding hydrogens is 365 g/mol. The largest absolute Gasteiger partial charge is 0.383 e. The molecule has 0 bridgehead atoms. The van der Waals surface area contributed by atoms with E-state index in [4.69, 9.17) is 27.9 Å². The van der Waals surface area contributed by atoms with Crippen LogP contribution in [-0.4, -0.2) is 34.1 Å². The first-order chi connectivity index (χ1) is 8.40. The molecule has 0 saturated carbocycles. The number of rotatable bonds is 6. The molecule has 4 nitrogen and oxygen atoms in total. The molecule has 8 heteroatoms. The molecule has 1 atom stereocenters. The zero-order valence-corrected chi connectivity index (χ0v) is 13.4. The number of alkyl halides is 1. The number of benzene rings is 1. The van der Waals surface area contributed by atoms with Gasteiger partial charge in [-0.05, 0) is 34.1 Å². The van der Waals surface area contributed by atoms with Gasteiger partial charge in [0.05, 0.1) is 22.6 Å². The molecule has 0 aliphatic carbocycles. The van der Waals surface area contributed by atoms with E-state index in [0.29, 0.717) is 9.50 Å². The fraction of sp³-hybridized carbons (Fsp3) is 0.400. The third-order valence-corrected chi connectivity index (χ3v) is 5.18. The van der Waals surface area contributed by atoms with Crippen molar-refractivity contribution >= 4 is 49.2 Å². The van der Waals surface area contributed by atoms with E-state index in [0.717, 1.165) is 0 Å². The first-order valence-corrected chi connectivity index (χ1v) is 8.12. The first kappa shape index (κ1) is 16.2. The van der Waals surface area contributed by atoms with Gasteiger partial charge in [-0.15, -0.1) is 11.6 Å². The topological polar surface area (TPSA) is 55.4 Å². The third-order valence-electron chi connectivity index (χ3n) is 2.08. The van der Waals surface area contributed by atoms with Crippen LogP contribution in [0.3, 0.4) is 0 Å². The molecule has 0 fully saturated rings. The van der Waals surface area contributed by atoms with E-state index in [2.05, 4.69) is 20.7 Å². The number of hydrogen-bond donors (Lipinski definition) is 1. The molecule has 1 N–H and O–H groups in total. The maximum atomic E-state index is 12.1. The molecule has 1 unspecified atom stereocenters. The van der Waals surface area contributed by atoms with Crippen LogP contribution in [0.25, 0.3) is 0 Å². The molecule has 1 aromatic rings. The fourth-order valence-electron chi connectivity index (χ4n) is 1.24. The van der Waals surface area contributed by atoms with E-state index in [1.54, 1.807) is 0 Å². The van der Waals surface area contributed by atoms with Gasteiger partial charge in [-0.3, -0.25) is 0 Å². The minimum absolute atomic E-state index is 0.116. The summed E-state index contributed by atoms with van der Waals surface area (Å²) in [6, 6.07) is 3.89. The maximum Gasteiger partial charge on any atom is 0.240 e. The van der Waals surface area contributed by atoms with Gasteiger partial charge < -0.3 is 4.74 Å². The lowest BCUT2D eigenvalue weighted by Gasteiger charge is -2.15. The minimum atomic E-state index is -3.64. The summed E-state index contributed by atoms with van der Waals surface area (Å²) >= 11 is 14.6. The van der Waals surface area contributed by atoms with Crippen molar-refractivity contribution in [3.63, 3.8) is 0 Å². The normalized spacial score (nSPS) is 13.6. The summed E-state index contributed by atoms with van der Waals surface area (Å²) in [6.45, 7) is 0.206. The molecular formula is C10H12BrCl2NO3S. The Morgan fingerprint density at radius 3 is 2.67 bits per heavy atom. The molecule has 0 aliphatic rings. The van der Waals surface area contributed by atoms with Crippen LogP contribution < -0.4 is 4.72 Å². The average Bonchev–Trinajstić information content (AvgIpc) is 2.31. The molecule has 0 radical (unpaired) electrons. The van der Waals surface area contributed by atoms with Gasteiger partial charge in [0.15, 0.2) is 0 Å². The average molecular weight is 377 g/mol. The van der Waals surface area contributed by atoms with E-state index in [9.17, 15) is 8.42 Å². The Hall–Kier alpha value is 0.150. The van der Waals surface area contributed by atoms with Crippen LogP contribution in [0.2, 0.25) is 5.02 Å². The summed E-state index contributed by atoms with van der Waals surface area (Å²) in [5, 5.41) is 0.444. The first-order valence-electron chi connectivity index (χ1n) is 4.93. The van der Waals surface area contributed by atoms with Gasteiger partial charge in [0.2, 0.25) is 10.0 Å². The SMILES string of the molecule is COCC(CCl)NS(=O)(=O)c1ccc(Cl)c(Br)c1. The van der Waals surface area contributed by atoms with Crippen LogP contribution in [0.4, 0.5) is 0 Å². The van der Waals surface area contributed by atoms with Crippen molar-refractivity contribution in [1.82, 2.24) is 4.72 Å². The summed E-state index contributed by atoms with van der Waals surface area (Å²) in [5.41, 5.74) is 0. The Bertz CT molecular complexity index is 510. The van der Waals surface area contributed by atoms with Gasteiger partial charge in [0.25, 0.3) is 0 Å². The zero-order valence-electron chi connectivity index (χ0n) is 9.49. The van der Waals surface area contributed by atoms with Crippen LogP contribution >= 0.6 is 39.1 Å². The maximum absolute atomic E-state index is 12.1. The lowest BCUT2D eigenvalue weighted by atomic mass is 10.4. The molecule has 18 heavy (non-hydrogen) atoms. The molecule has 0 saturated heterocycles. The molecule has 1 aromatic carbocycles. The monoisotopic (exact) mass is 375 g/mol. The highest BCUT2D eigenvalue weighted by Crippen LogP contribution is 2.25. The van der Waals surface area contributed by atoms with E-state index in [1.165, 1.54) is 25.3 Å². The van der Waals surface area contributed by atoms with Crippen LogP contribution in [0.15, 0.2) is 27.6 Å². The number of sulfonamides is 1. The molecule has 102 valence electrons. The van der Waals surface area contributed by atoms with Crippen LogP contribution in [-0.2, 0) is 14.8 Å². The number of halogens is 3. The van der Waals surface area contributed by atoms with E-state index >= 15 is 0 Å². The van der Waals surface area contributed by atoms with E-state index in [1.807, 2.05) is 0 Å². The quantitative estimate of drug-likeness (QED) is 0.776. The van der Waals surface area contributed by atoms with Gasteiger partial charge in [0, 0.05) is 17.5 Å². The second-order valence-corrected chi connectivity index (χ2v) is 6.79. The van der Waals surface area contributed by atoms with Crippen molar-refractivity contribution in [3.8, 4) is 0 Å². The van der Waals surface area contributed by atoms with Crippen LogP contribution in [0.5, 0.6) is 0 Å². The molecule has 0 spiro atoms. The molecule has 0 amide bonds. The van der Waals surface area contributed by atoms with Crippen molar-refractivity contribution in [2.24, 2.45) is 0 Å². The Kier molecular flexibility index (Phi) is 6.37. The highest BCUT2D eigenvalue weighted by Gasteiger charge is 2.20. The minimum Gasteiger partial charge on any atom is -0.383 e. The standard InChI is InChI=1S/C10H12BrCl2NO3S/c1-17-6-7(5-12)14-18(15,16)8-2-3-10(13)9(11)4-8/h2-4,7,14H,5-6H2,1H3. The van der Waals surface area contributed by atoms with Gasteiger partial charge in [0.1, 0.15) is 0 Å². The third kappa shape index (κ3) is 4.36. The number of ether oxygens (including phenoxy) is 1. The fourth-order valence-corrected chi connectivity index (χ4v) is 3.39. The summed E-state index contributed by atoms with van der Waals surface area (Å²) in [6.07, 6.45) is 0. The predicted octanol–water partition coefficient (Wildman–Crippen LogP) is 2.63. The second kappa shape index (κ2) is 7.07. The van der Waals surface area contributed by atoms with Gasteiger partial charge in [-0.25, -0.2) is 13.1 Å². The number of methoxy groups -OCH3 is 1. The van der Waals surface area contributed by atoms with Gasteiger partial charge >= 0.3 is 0 Å². The van der Waals surface area contributed by atoms with Gasteiger partial charge in [-0.2, -0.15) is 0 Å². The molecule has 1 rings (SSSR count). The highest BCUT2D eigenvalue weighted by molar-refractivity contribution is 9.10. The lowest BCUT2D eigenvalue weighted by Crippen LogP contribution is -2.39. The molecule has 0 heterocycles. The van der Waals surface area contributed by atoms with Crippen molar-refractivity contribution in [1.29, 1.82) is 0 Å². The number of nitrogens with one attached hydrogen (secondary N) is 1. The predicted molar refractivity (Wildman–Crippen MR) is 75.9 cm³/mol. The number of hydrogen-bond acceptors (Lipinski definition) is 3. The highest BCUT2D eigenvalue weighted by atomic mass is 79.9. The Morgan fingerprint density at radius 1 is 1.50 bits per heavy atom. The van der Waals surface area contributed by atoms with E-state index < -0.39 is 16.1 Å². The van der Waals surface area contributed by atoms with Crippen LogP contribution in [0.1, 0.15) is 0 Å². The lowest BCUT2D eigenvalue weighted by molar-refractivity contribution is 0.181. The summed E-state index contributed by atoms with van der Waals surface area (Å²) in [7, 11) is -2.16. The van der Waals surface area contributed by atoms with Crippen molar-refractivity contribution < 1.29 is 13.2 Å². The summed E-state index contributed by atoms with van der Waals surface area (Å²) in [4.78, 5) is 0.116. The molecule has 0 aromatic heterocycles. The van der Waals surface area contributed by atoms with Crippen LogP contribution in [0, 0.1) is 0 Å². The smallest absolute Gasteiger partial charge is 0.240 e. The Balaban J connectivity index is 2.95. The van der Waals surface area contributed by atoms with Gasteiger partial charge in [-0.1, -0.05) is 11.6 Å². The van der Waals surface area contributed by atoms with Crippen molar-refractivity contribution in [2.75, 3.05) is 19.6 Å². The summed E-state index contributed by atoms with van der Waals surface area (Å²) < 4.78 is 32.0.